The van der Waals surface area contributed by atoms with Gasteiger partial charge in [-0.2, -0.15) is 0 Å². The predicted molar refractivity (Wildman–Crippen MR) is 76.5 cm³/mol. The van der Waals surface area contributed by atoms with Crippen LogP contribution in [0.1, 0.15) is 35.7 Å². The number of rotatable bonds is 3. The van der Waals surface area contributed by atoms with E-state index in [4.69, 9.17) is 14.7 Å². The van der Waals surface area contributed by atoms with Gasteiger partial charge < -0.3 is 10.1 Å². The van der Waals surface area contributed by atoms with Crippen LogP contribution in [0.3, 0.4) is 0 Å². The van der Waals surface area contributed by atoms with E-state index in [-0.39, 0.29) is 0 Å². The zero-order chi connectivity index (χ0) is 13.5. The van der Waals surface area contributed by atoms with Gasteiger partial charge in [0.25, 0.3) is 0 Å². The van der Waals surface area contributed by atoms with Crippen LogP contribution in [0.4, 0.5) is 0 Å². The van der Waals surface area contributed by atoms with Crippen molar-refractivity contribution in [2.75, 3.05) is 7.11 Å². The summed E-state index contributed by atoms with van der Waals surface area (Å²) in [4.78, 5) is 9.58. The number of methoxy groups -OCH3 is 1. The van der Waals surface area contributed by atoms with Gasteiger partial charge in [0.2, 0.25) is 0 Å². The van der Waals surface area contributed by atoms with E-state index < -0.39 is 0 Å². The Morgan fingerprint density at radius 2 is 1.90 bits per heavy atom. The van der Waals surface area contributed by atoms with Gasteiger partial charge in [0.15, 0.2) is 5.82 Å². The molecule has 102 valence electrons. The van der Waals surface area contributed by atoms with Crippen molar-refractivity contribution in [2.24, 2.45) is 0 Å². The molecule has 2 aromatic rings. The summed E-state index contributed by atoms with van der Waals surface area (Å²) in [6, 6.07) is 7.97. The minimum Gasteiger partial charge on any atom is -0.497 e. The van der Waals surface area contributed by atoms with E-state index in [2.05, 4.69) is 5.32 Å². The summed E-state index contributed by atoms with van der Waals surface area (Å²) in [5, 5.41) is 3.39. The van der Waals surface area contributed by atoms with Crippen LogP contribution in [0.2, 0.25) is 0 Å². The van der Waals surface area contributed by atoms with E-state index in [0.717, 1.165) is 30.2 Å². The van der Waals surface area contributed by atoms with Crippen molar-refractivity contribution in [3.8, 4) is 17.1 Å². The SMILES string of the molecule is COc1ccc(-c2nc3c(c(C4CC4)n2)CNC3)cc1. The molecule has 1 aliphatic heterocycles. The summed E-state index contributed by atoms with van der Waals surface area (Å²) >= 11 is 0. The number of nitrogens with zero attached hydrogens (tertiary/aromatic N) is 2. The van der Waals surface area contributed by atoms with Crippen molar-refractivity contribution < 1.29 is 4.74 Å². The molecule has 20 heavy (non-hydrogen) atoms. The third-order valence-electron chi connectivity index (χ3n) is 4.03. The van der Waals surface area contributed by atoms with Gasteiger partial charge >= 0.3 is 0 Å². The number of benzene rings is 1. The first-order valence-corrected chi connectivity index (χ1v) is 7.10. The standard InChI is InChI=1S/C16H17N3O/c1-20-12-6-4-11(5-7-12)16-18-14-9-17-8-13(14)15(19-16)10-2-3-10/h4-7,10,17H,2-3,8-9H2,1H3. The van der Waals surface area contributed by atoms with Gasteiger partial charge in [0.05, 0.1) is 18.5 Å². The smallest absolute Gasteiger partial charge is 0.159 e. The van der Waals surface area contributed by atoms with Crippen molar-refractivity contribution in [2.45, 2.75) is 31.8 Å². The van der Waals surface area contributed by atoms with Gasteiger partial charge in [0, 0.05) is 30.1 Å². The normalized spacial score (nSPS) is 17.1. The lowest BCUT2D eigenvalue weighted by molar-refractivity contribution is 0.415. The van der Waals surface area contributed by atoms with Crippen LogP contribution in [0.25, 0.3) is 11.4 Å². The third kappa shape index (κ3) is 1.96. The predicted octanol–water partition coefficient (Wildman–Crippen LogP) is 2.63. The zero-order valence-electron chi connectivity index (χ0n) is 11.5. The fourth-order valence-electron chi connectivity index (χ4n) is 2.76. The second-order valence-corrected chi connectivity index (χ2v) is 5.46. The summed E-state index contributed by atoms with van der Waals surface area (Å²) in [6.07, 6.45) is 2.54. The Balaban J connectivity index is 1.79. The van der Waals surface area contributed by atoms with Crippen LogP contribution in [0, 0.1) is 0 Å². The van der Waals surface area contributed by atoms with Crippen LogP contribution in [0.5, 0.6) is 5.75 Å². The second kappa shape index (κ2) is 4.56. The summed E-state index contributed by atoms with van der Waals surface area (Å²) in [7, 11) is 1.68. The molecule has 1 aromatic carbocycles. The molecule has 1 aliphatic carbocycles. The average molecular weight is 267 g/mol. The number of aromatic nitrogens is 2. The number of hydrogen-bond acceptors (Lipinski definition) is 4. The second-order valence-electron chi connectivity index (χ2n) is 5.46. The molecule has 0 unspecified atom stereocenters. The molecule has 4 nitrogen and oxygen atoms in total. The van der Waals surface area contributed by atoms with Crippen LogP contribution < -0.4 is 10.1 Å². The largest absolute Gasteiger partial charge is 0.497 e. The molecule has 1 N–H and O–H groups in total. The van der Waals surface area contributed by atoms with E-state index >= 15 is 0 Å². The fourth-order valence-corrected chi connectivity index (χ4v) is 2.76. The number of fused-ring (bicyclic) bond motifs is 1. The van der Waals surface area contributed by atoms with E-state index in [1.54, 1.807) is 7.11 Å². The molecule has 0 amide bonds. The summed E-state index contributed by atoms with van der Waals surface area (Å²) in [5.41, 5.74) is 4.84. The van der Waals surface area contributed by atoms with Crippen molar-refractivity contribution in [1.82, 2.24) is 15.3 Å². The average Bonchev–Trinajstić information content (AvgIpc) is 3.23. The molecule has 0 radical (unpaired) electrons. The lowest BCUT2D eigenvalue weighted by Crippen LogP contribution is -2.02. The molecule has 0 saturated heterocycles. The summed E-state index contributed by atoms with van der Waals surface area (Å²) in [6.45, 7) is 1.78. The Morgan fingerprint density at radius 1 is 1.10 bits per heavy atom. The van der Waals surface area contributed by atoms with Crippen LogP contribution >= 0.6 is 0 Å². The first kappa shape index (κ1) is 11.9. The molecule has 2 aliphatic rings. The molecular weight excluding hydrogens is 250 g/mol. The van der Waals surface area contributed by atoms with Crippen molar-refractivity contribution >= 4 is 0 Å². The molecule has 1 saturated carbocycles. The van der Waals surface area contributed by atoms with Crippen molar-refractivity contribution in [1.29, 1.82) is 0 Å². The van der Waals surface area contributed by atoms with Crippen LogP contribution in [0.15, 0.2) is 24.3 Å². The molecule has 2 heterocycles. The quantitative estimate of drug-likeness (QED) is 0.928. The molecule has 4 heteroatoms. The number of ether oxygens (including phenoxy) is 1. The van der Waals surface area contributed by atoms with E-state index in [9.17, 15) is 0 Å². The van der Waals surface area contributed by atoms with E-state index in [1.807, 2.05) is 24.3 Å². The molecular formula is C16H17N3O. The first-order chi connectivity index (χ1) is 9.85. The lowest BCUT2D eigenvalue weighted by Gasteiger charge is -2.09. The Kier molecular flexibility index (Phi) is 2.70. The van der Waals surface area contributed by atoms with Gasteiger partial charge in [-0.15, -0.1) is 0 Å². The highest BCUT2D eigenvalue weighted by atomic mass is 16.5. The third-order valence-corrected chi connectivity index (χ3v) is 4.03. The molecule has 4 rings (SSSR count). The molecule has 0 spiro atoms. The topological polar surface area (TPSA) is 47.0 Å². The van der Waals surface area contributed by atoms with Crippen molar-refractivity contribution in [3.63, 3.8) is 0 Å². The molecule has 1 aromatic heterocycles. The highest BCUT2D eigenvalue weighted by Gasteiger charge is 2.31. The number of hydrogen-bond donors (Lipinski definition) is 1. The van der Waals surface area contributed by atoms with Crippen LogP contribution in [-0.4, -0.2) is 17.1 Å². The Hall–Kier alpha value is -1.94. The van der Waals surface area contributed by atoms with Gasteiger partial charge in [-0.25, -0.2) is 9.97 Å². The fraction of sp³-hybridized carbons (Fsp3) is 0.375. The maximum Gasteiger partial charge on any atom is 0.159 e. The highest BCUT2D eigenvalue weighted by molar-refractivity contribution is 5.57. The van der Waals surface area contributed by atoms with Gasteiger partial charge in [-0.05, 0) is 37.1 Å². The maximum atomic E-state index is 5.20. The number of nitrogens with one attached hydrogen (secondary N) is 1. The molecule has 1 fully saturated rings. The van der Waals surface area contributed by atoms with E-state index in [1.165, 1.54) is 29.8 Å². The van der Waals surface area contributed by atoms with Gasteiger partial charge in [-0.3, -0.25) is 0 Å². The van der Waals surface area contributed by atoms with Gasteiger partial charge in [-0.1, -0.05) is 0 Å². The van der Waals surface area contributed by atoms with Crippen LogP contribution in [-0.2, 0) is 13.1 Å². The highest BCUT2D eigenvalue weighted by Crippen LogP contribution is 2.42. The minimum atomic E-state index is 0.656. The Bertz CT molecular complexity index is 648. The molecule has 0 atom stereocenters. The Labute approximate surface area is 118 Å². The monoisotopic (exact) mass is 267 g/mol. The Morgan fingerprint density at radius 3 is 2.60 bits per heavy atom. The first-order valence-electron chi connectivity index (χ1n) is 7.10. The lowest BCUT2D eigenvalue weighted by atomic mass is 10.1. The van der Waals surface area contributed by atoms with Gasteiger partial charge in [0.1, 0.15) is 5.75 Å². The summed E-state index contributed by atoms with van der Waals surface area (Å²) < 4.78 is 5.20. The van der Waals surface area contributed by atoms with Crippen molar-refractivity contribution in [3.05, 3.63) is 41.2 Å². The minimum absolute atomic E-state index is 0.656. The van der Waals surface area contributed by atoms with E-state index in [0.29, 0.717) is 5.92 Å². The zero-order valence-corrected chi connectivity index (χ0v) is 11.5. The maximum absolute atomic E-state index is 5.20. The summed E-state index contributed by atoms with van der Waals surface area (Å²) in [5.74, 6) is 2.36. The molecule has 0 bridgehead atoms.